The van der Waals surface area contributed by atoms with Crippen LogP contribution in [-0.4, -0.2) is 17.5 Å². The van der Waals surface area contributed by atoms with Gasteiger partial charge < -0.3 is 0 Å². The largest absolute Gasteiger partial charge is 0.172 e. The standard InChI is InChI=1S/C16H12N4S6/c1-5-6(2)22-15(21-5)9-11-13(19-25-17-11)10(14-12(9)18-26-20-14)16-23-7(3)8(4)24-16/h1-4H3. The maximum absolute atomic E-state index is 4.67. The number of aromatic nitrogens is 4. The van der Waals surface area contributed by atoms with Crippen molar-refractivity contribution in [3.05, 3.63) is 30.1 Å². The van der Waals surface area contributed by atoms with Gasteiger partial charge in [0.15, 0.2) is 0 Å². The third-order valence-electron chi connectivity index (χ3n) is 4.31. The lowest BCUT2D eigenvalue weighted by Crippen LogP contribution is -2.17. The number of nitrogens with zero attached hydrogens (tertiary/aromatic N) is 4. The van der Waals surface area contributed by atoms with E-state index in [9.17, 15) is 0 Å². The molecule has 2 aromatic heterocycles. The summed E-state index contributed by atoms with van der Waals surface area (Å²) in [7, 11) is 0. The van der Waals surface area contributed by atoms with E-state index >= 15 is 0 Å². The Bertz CT molecular complexity index is 1090. The van der Waals surface area contributed by atoms with E-state index in [2.05, 4.69) is 45.2 Å². The van der Waals surface area contributed by atoms with E-state index in [4.69, 9.17) is 0 Å². The zero-order chi connectivity index (χ0) is 18.0. The van der Waals surface area contributed by atoms with E-state index in [0.717, 1.165) is 32.5 Å². The van der Waals surface area contributed by atoms with Crippen LogP contribution in [0.2, 0.25) is 0 Å². The monoisotopic (exact) mass is 452 g/mol. The molecule has 0 radical (unpaired) electrons. The minimum atomic E-state index is 0.957. The molecule has 26 heavy (non-hydrogen) atoms. The first-order chi connectivity index (χ1) is 12.5. The number of allylic oxidation sites excluding steroid dienone is 4. The highest BCUT2D eigenvalue weighted by Gasteiger charge is 2.24. The van der Waals surface area contributed by atoms with Crippen LogP contribution in [0.5, 0.6) is 0 Å². The summed E-state index contributed by atoms with van der Waals surface area (Å²) >= 11 is 9.78. The Morgan fingerprint density at radius 3 is 1.00 bits per heavy atom. The second-order valence-electron chi connectivity index (χ2n) is 5.88. The van der Waals surface area contributed by atoms with E-state index in [1.165, 1.54) is 51.6 Å². The predicted octanol–water partition coefficient (Wildman–Crippen LogP) is 5.29. The Morgan fingerprint density at radius 2 is 0.731 bits per heavy atom. The molecule has 5 rings (SSSR count). The van der Waals surface area contributed by atoms with Crippen LogP contribution in [0.1, 0.15) is 27.7 Å². The summed E-state index contributed by atoms with van der Waals surface area (Å²) in [6.45, 7) is 8.67. The van der Waals surface area contributed by atoms with Gasteiger partial charge in [-0.15, -0.1) is 0 Å². The molecule has 4 nitrogen and oxygen atoms in total. The second-order valence-corrected chi connectivity index (χ2v) is 12.4. The first kappa shape index (κ1) is 17.6. The average Bonchev–Trinajstić information content (AvgIpc) is 3.36. The minimum absolute atomic E-state index is 0.957. The molecule has 0 spiro atoms. The van der Waals surface area contributed by atoms with Gasteiger partial charge in [0, 0.05) is 0 Å². The van der Waals surface area contributed by atoms with Crippen molar-refractivity contribution in [2.24, 2.45) is 0 Å². The molecule has 1 aromatic carbocycles. The summed E-state index contributed by atoms with van der Waals surface area (Å²) in [5.41, 5.74) is 3.83. The van der Waals surface area contributed by atoms with Crippen LogP contribution in [0.3, 0.4) is 0 Å². The molecular formula is C16H12N4S6. The van der Waals surface area contributed by atoms with Gasteiger partial charge in [-0.3, -0.25) is 0 Å². The Kier molecular flexibility index (Phi) is 4.41. The van der Waals surface area contributed by atoms with E-state index in [-0.39, 0.29) is 0 Å². The highest BCUT2D eigenvalue weighted by molar-refractivity contribution is 8.36. The fourth-order valence-electron chi connectivity index (χ4n) is 2.73. The molecule has 0 unspecified atom stereocenters. The number of rotatable bonds is 0. The van der Waals surface area contributed by atoms with Crippen LogP contribution in [0.4, 0.5) is 0 Å². The third-order valence-corrected chi connectivity index (χ3v) is 10.6. The average molecular weight is 453 g/mol. The van der Waals surface area contributed by atoms with Gasteiger partial charge in [-0.25, -0.2) is 0 Å². The smallest absolute Gasteiger partial charge is 0.116 e. The van der Waals surface area contributed by atoms with Crippen LogP contribution in [0.15, 0.2) is 19.6 Å². The first-order valence-corrected chi connectivity index (χ1v) is 12.5. The number of hydrogen-bond acceptors (Lipinski definition) is 10. The van der Waals surface area contributed by atoms with Crippen molar-refractivity contribution in [1.82, 2.24) is 17.5 Å². The van der Waals surface area contributed by atoms with Crippen molar-refractivity contribution in [2.75, 3.05) is 0 Å². The zero-order valence-electron chi connectivity index (χ0n) is 14.2. The molecule has 2 aliphatic heterocycles. The van der Waals surface area contributed by atoms with Gasteiger partial charge in [-0.2, -0.15) is 17.5 Å². The van der Waals surface area contributed by atoms with Gasteiger partial charge in [0.25, 0.3) is 0 Å². The predicted molar refractivity (Wildman–Crippen MR) is 122 cm³/mol. The maximum Gasteiger partial charge on any atom is 0.116 e. The van der Waals surface area contributed by atoms with Gasteiger partial charge in [-0.05, 0) is 47.3 Å². The van der Waals surface area contributed by atoms with Gasteiger partial charge in [0.05, 0.1) is 42.4 Å². The summed E-state index contributed by atoms with van der Waals surface area (Å²) in [4.78, 5) is 5.36. The number of fused-ring (bicyclic) bond motifs is 2. The van der Waals surface area contributed by atoms with Crippen molar-refractivity contribution in [2.45, 2.75) is 27.7 Å². The van der Waals surface area contributed by atoms with Crippen molar-refractivity contribution >= 4 is 101 Å². The Hall–Kier alpha value is -0.520. The van der Waals surface area contributed by atoms with Gasteiger partial charge in [0.1, 0.15) is 22.1 Å². The van der Waals surface area contributed by atoms with Crippen molar-refractivity contribution < 1.29 is 0 Å². The molecule has 132 valence electrons. The van der Waals surface area contributed by atoms with Crippen molar-refractivity contribution in [1.29, 1.82) is 0 Å². The van der Waals surface area contributed by atoms with Gasteiger partial charge in [-0.1, -0.05) is 47.0 Å². The van der Waals surface area contributed by atoms with Gasteiger partial charge in [0.2, 0.25) is 0 Å². The summed E-state index contributed by atoms with van der Waals surface area (Å²) in [5, 5.41) is 2.20. The summed E-state index contributed by atoms with van der Waals surface area (Å²) < 4.78 is 21.2. The van der Waals surface area contributed by atoms with Crippen LogP contribution in [0, 0.1) is 0 Å². The summed E-state index contributed by atoms with van der Waals surface area (Å²) in [5.74, 6) is 0. The van der Waals surface area contributed by atoms with Crippen LogP contribution in [0.25, 0.3) is 30.5 Å². The Labute approximate surface area is 175 Å². The zero-order valence-corrected chi connectivity index (χ0v) is 19.1. The Morgan fingerprint density at radius 1 is 0.462 bits per heavy atom. The second kappa shape index (κ2) is 6.52. The lowest BCUT2D eigenvalue weighted by atomic mass is 10.2. The third kappa shape index (κ3) is 2.61. The molecule has 2 aliphatic rings. The topological polar surface area (TPSA) is 51.6 Å². The lowest BCUT2D eigenvalue weighted by Gasteiger charge is -2.02. The van der Waals surface area contributed by atoms with Crippen LogP contribution in [-0.2, 0) is 0 Å². The normalized spacial score (nSPS) is 18.5. The molecular weight excluding hydrogens is 441 g/mol. The molecule has 10 heteroatoms. The fraction of sp³-hybridized carbons (Fsp3) is 0.250. The van der Waals surface area contributed by atoms with Crippen LogP contribution < -0.4 is 10.4 Å². The lowest BCUT2D eigenvalue weighted by molar-refractivity contribution is 1.55. The molecule has 0 amide bonds. The summed E-state index contributed by atoms with van der Waals surface area (Å²) in [6.07, 6.45) is 0. The number of hydrogen-bond donors (Lipinski definition) is 0. The summed E-state index contributed by atoms with van der Waals surface area (Å²) in [6, 6.07) is 0. The molecule has 0 saturated carbocycles. The quantitative estimate of drug-likeness (QED) is 0.456. The molecule has 0 fully saturated rings. The molecule has 0 atom stereocenters. The first-order valence-electron chi connectivity index (χ1n) is 7.76. The molecule has 0 N–H and O–H groups in total. The fourth-order valence-corrected chi connectivity index (χ4v) is 9.06. The number of benzene rings is 1. The van der Waals surface area contributed by atoms with Crippen LogP contribution >= 0.6 is 70.5 Å². The van der Waals surface area contributed by atoms with E-state index in [0.29, 0.717) is 0 Å². The van der Waals surface area contributed by atoms with Gasteiger partial charge >= 0.3 is 0 Å². The highest BCUT2D eigenvalue weighted by atomic mass is 32.2. The molecule has 0 aliphatic carbocycles. The maximum atomic E-state index is 4.67. The SMILES string of the molecule is CC1=C(C)SC(=c2c3nsnc3c(=C3SC(C)=C(C)S3)c3nsnc23)S1. The van der Waals surface area contributed by atoms with E-state index < -0.39 is 0 Å². The minimum Gasteiger partial charge on any atom is -0.172 e. The Balaban J connectivity index is 1.94. The van der Waals surface area contributed by atoms with E-state index in [1.807, 2.05) is 47.0 Å². The number of thioether (sulfide) groups is 4. The van der Waals surface area contributed by atoms with E-state index in [1.54, 1.807) is 0 Å². The van der Waals surface area contributed by atoms with Crippen molar-refractivity contribution in [3.8, 4) is 0 Å². The molecule has 4 heterocycles. The molecule has 3 aromatic rings. The highest BCUT2D eigenvalue weighted by Crippen LogP contribution is 2.50. The van der Waals surface area contributed by atoms with Crippen molar-refractivity contribution in [3.63, 3.8) is 0 Å². The molecule has 0 saturated heterocycles. The molecule has 0 bridgehead atoms.